The van der Waals surface area contributed by atoms with Crippen molar-refractivity contribution in [3.05, 3.63) is 39.4 Å². The molecule has 0 unspecified atom stereocenters. The Hall–Kier alpha value is -1.18. The number of halogens is 1. The zero-order valence-corrected chi connectivity index (χ0v) is 13.8. The van der Waals surface area contributed by atoms with Crippen LogP contribution < -0.4 is 4.72 Å². The minimum Gasteiger partial charge on any atom is -0.478 e. The van der Waals surface area contributed by atoms with Crippen LogP contribution in [0.1, 0.15) is 29.8 Å². The highest BCUT2D eigenvalue weighted by Gasteiger charge is 2.20. The monoisotopic (exact) mass is 361 g/mol. The van der Waals surface area contributed by atoms with E-state index in [1.807, 2.05) is 13.8 Å². The van der Waals surface area contributed by atoms with Gasteiger partial charge in [0, 0.05) is 11.0 Å². The lowest BCUT2D eigenvalue weighted by molar-refractivity contribution is 0.0696. The number of benzene rings is 1. The Morgan fingerprint density at radius 2 is 2.00 bits per heavy atom. The molecule has 0 saturated heterocycles. The Balaban J connectivity index is 3.24. The van der Waals surface area contributed by atoms with Gasteiger partial charge in [0.15, 0.2) is 0 Å². The van der Waals surface area contributed by atoms with Crippen LogP contribution in [0.5, 0.6) is 0 Å². The molecule has 0 radical (unpaired) electrons. The number of nitrogens with one attached hydrogen (secondary N) is 1. The first-order chi connectivity index (χ1) is 9.15. The van der Waals surface area contributed by atoms with Crippen LogP contribution in [0.25, 0.3) is 0 Å². The van der Waals surface area contributed by atoms with Crippen LogP contribution in [0.3, 0.4) is 0 Å². The molecule has 0 saturated carbocycles. The highest BCUT2D eigenvalue weighted by Crippen LogP contribution is 2.25. The number of rotatable bonds is 5. The van der Waals surface area contributed by atoms with Gasteiger partial charge >= 0.3 is 5.97 Å². The van der Waals surface area contributed by atoms with Crippen LogP contribution in [0, 0.1) is 6.92 Å². The zero-order valence-electron chi connectivity index (χ0n) is 11.4. The van der Waals surface area contributed by atoms with Crippen LogP contribution in [-0.2, 0) is 10.0 Å². The molecule has 0 aliphatic carbocycles. The van der Waals surface area contributed by atoms with Gasteiger partial charge < -0.3 is 5.11 Å². The predicted molar refractivity (Wildman–Crippen MR) is 80.5 cm³/mol. The fourth-order valence-corrected chi connectivity index (χ4v) is 3.33. The first kappa shape index (κ1) is 16.9. The number of aromatic carboxylic acids is 1. The first-order valence-corrected chi connectivity index (χ1v) is 8.09. The van der Waals surface area contributed by atoms with Gasteiger partial charge in [0.25, 0.3) is 0 Å². The van der Waals surface area contributed by atoms with E-state index in [1.54, 1.807) is 13.0 Å². The van der Waals surface area contributed by atoms with E-state index in [0.29, 0.717) is 10.0 Å². The van der Waals surface area contributed by atoms with Crippen molar-refractivity contribution >= 4 is 31.9 Å². The largest absolute Gasteiger partial charge is 0.478 e. The van der Waals surface area contributed by atoms with E-state index in [4.69, 9.17) is 5.11 Å². The summed E-state index contributed by atoms with van der Waals surface area (Å²) in [5, 5.41) is 8.99. The number of carbonyl (C=O) groups is 1. The fraction of sp³-hybridized carbons (Fsp3) is 0.308. The predicted octanol–water partition coefficient (Wildman–Crippen LogP) is 2.70. The van der Waals surface area contributed by atoms with Crippen molar-refractivity contribution in [1.29, 1.82) is 0 Å². The van der Waals surface area contributed by atoms with Crippen molar-refractivity contribution < 1.29 is 18.3 Å². The van der Waals surface area contributed by atoms with E-state index in [0.717, 1.165) is 11.6 Å². The minimum atomic E-state index is -3.75. The molecule has 110 valence electrons. The molecule has 1 aromatic carbocycles. The van der Waals surface area contributed by atoms with Crippen molar-refractivity contribution in [3.8, 4) is 0 Å². The van der Waals surface area contributed by atoms with Crippen molar-refractivity contribution in [1.82, 2.24) is 4.72 Å². The third kappa shape index (κ3) is 4.16. The molecule has 20 heavy (non-hydrogen) atoms. The molecule has 0 aromatic heterocycles. The summed E-state index contributed by atoms with van der Waals surface area (Å²) in [5.41, 5.74) is 1.38. The maximum absolute atomic E-state index is 12.2. The van der Waals surface area contributed by atoms with E-state index in [9.17, 15) is 13.2 Å². The Morgan fingerprint density at radius 1 is 1.40 bits per heavy atom. The molecule has 5 nitrogen and oxygen atoms in total. The number of hydrogen-bond donors (Lipinski definition) is 2. The van der Waals surface area contributed by atoms with Gasteiger partial charge in [0.1, 0.15) is 0 Å². The Kier molecular flexibility index (Phi) is 5.50. The molecule has 0 bridgehead atoms. The molecule has 2 N–H and O–H groups in total. The number of allylic oxidation sites excluding steroid dienone is 1. The van der Waals surface area contributed by atoms with E-state index in [1.165, 1.54) is 6.07 Å². The molecule has 0 spiro atoms. The average Bonchev–Trinajstić information content (AvgIpc) is 2.31. The van der Waals surface area contributed by atoms with Crippen molar-refractivity contribution in [2.45, 2.75) is 25.7 Å². The number of carboxylic acid groups (broad SMARTS) is 1. The standard InChI is InChI=1S/C13H16BrNO4S/c1-8(2)4-5-15-20(18,19)12-7-10(13(16)17)6-11(14)9(12)3/h4,6-7,15H,5H2,1-3H3,(H,16,17). The molecule has 0 amide bonds. The van der Waals surface area contributed by atoms with Gasteiger partial charge in [-0.1, -0.05) is 27.6 Å². The molecule has 0 atom stereocenters. The second-order valence-corrected chi connectivity index (χ2v) is 7.11. The highest BCUT2D eigenvalue weighted by molar-refractivity contribution is 9.10. The van der Waals surface area contributed by atoms with Gasteiger partial charge in [-0.2, -0.15) is 0 Å². The SMILES string of the molecule is CC(C)=CCNS(=O)(=O)c1cc(C(=O)O)cc(Br)c1C. The summed E-state index contributed by atoms with van der Waals surface area (Å²) in [6.45, 7) is 5.51. The molecule has 1 rings (SSSR count). The summed E-state index contributed by atoms with van der Waals surface area (Å²) in [6.07, 6.45) is 1.74. The molecule has 0 aliphatic rings. The van der Waals surface area contributed by atoms with Gasteiger partial charge in [-0.05, 0) is 38.5 Å². The summed E-state index contributed by atoms with van der Waals surface area (Å²) in [4.78, 5) is 11.0. The Morgan fingerprint density at radius 3 is 2.50 bits per heavy atom. The lowest BCUT2D eigenvalue weighted by Gasteiger charge is -2.11. The summed E-state index contributed by atoms with van der Waals surface area (Å²) < 4.78 is 27.3. The average molecular weight is 362 g/mol. The van der Waals surface area contributed by atoms with Crippen LogP contribution in [0.2, 0.25) is 0 Å². The zero-order chi connectivity index (χ0) is 15.5. The summed E-state index contributed by atoms with van der Waals surface area (Å²) >= 11 is 3.18. The molecule has 7 heteroatoms. The van der Waals surface area contributed by atoms with E-state index >= 15 is 0 Å². The normalized spacial score (nSPS) is 11.2. The molecule has 1 aromatic rings. The first-order valence-electron chi connectivity index (χ1n) is 5.81. The van der Waals surface area contributed by atoms with Crippen LogP contribution >= 0.6 is 15.9 Å². The lowest BCUT2D eigenvalue weighted by Crippen LogP contribution is -2.25. The third-order valence-corrected chi connectivity index (χ3v) is 4.99. The van der Waals surface area contributed by atoms with Gasteiger partial charge in [-0.25, -0.2) is 17.9 Å². The van der Waals surface area contributed by atoms with Crippen molar-refractivity contribution in [2.75, 3.05) is 6.54 Å². The van der Waals surface area contributed by atoms with Crippen LogP contribution in [0.4, 0.5) is 0 Å². The maximum Gasteiger partial charge on any atom is 0.335 e. The van der Waals surface area contributed by atoms with Crippen LogP contribution in [-0.4, -0.2) is 26.0 Å². The third-order valence-electron chi connectivity index (χ3n) is 2.62. The van der Waals surface area contributed by atoms with E-state index in [2.05, 4.69) is 20.7 Å². The van der Waals surface area contributed by atoms with E-state index in [-0.39, 0.29) is 17.0 Å². The van der Waals surface area contributed by atoms with Gasteiger partial charge in [0.2, 0.25) is 10.0 Å². The Bertz CT molecular complexity index is 661. The second kappa shape index (κ2) is 6.51. The second-order valence-electron chi connectivity index (χ2n) is 4.52. The molecule has 0 aliphatic heterocycles. The number of hydrogen-bond acceptors (Lipinski definition) is 3. The Labute approximate surface area is 126 Å². The van der Waals surface area contributed by atoms with Gasteiger partial charge in [0.05, 0.1) is 10.5 Å². The quantitative estimate of drug-likeness (QED) is 0.789. The van der Waals surface area contributed by atoms with Crippen molar-refractivity contribution in [3.63, 3.8) is 0 Å². The molecular formula is C13H16BrNO4S. The summed E-state index contributed by atoms with van der Waals surface area (Å²) in [7, 11) is -3.75. The van der Waals surface area contributed by atoms with Crippen molar-refractivity contribution in [2.24, 2.45) is 0 Å². The number of sulfonamides is 1. The fourth-order valence-electron chi connectivity index (χ4n) is 1.49. The summed E-state index contributed by atoms with van der Waals surface area (Å²) in [5.74, 6) is -1.17. The minimum absolute atomic E-state index is 0.0357. The molecule has 0 heterocycles. The molecular weight excluding hydrogens is 346 g/mol. The van der Waals surface area contributed by atoms with Gasteiger partial charge in [-0.3, -0.25) is 0 Å². The topological polar surface area (TPSA) is 83.5 Å². The summed E-state index contributed by atoms with van der Waals surface area (Å²) in [6, 6.07) is 2.54. The maximum atomic E-state index is 12.2. The lowest BCUT2D eigenvalue weighted by atomic mass is 10.1. The van der Waals surface area contributed by atoms with Crippen LogP contribution in [0.15, 0.2) is 33.2 Å². The smallest absolute Gasteiger partial charge is 0.335 e. The highest BCUT2D eigenvalue weighted by atomic mass is 79.9. The van der Waals surface area contributed by atoms with Gasteiger partial charge in [-0.15, -0.1) is 0 Å². The van der Waals surface area contributed by atoms with E-state index < -0.39 is 16.0 Å². The number of carboxylic acids is 1. The molecule has 0 fully saturated rings.